The molecule has 0 aliphatic rings. The molecule has 0 atom stereocenters. The molecule has 0 aliphatic heterocycles. The molecule has 0 aromatic heterocycles. The van der Waals surface area contributed by atoms with Crippen LogP contribution < -0.4 is 0 Å². The van der Waals surface area contributed by atoms with Gasteiger partial charge in [-0.05, 0) is 0 Å². The Balaban J connectivity index is 0. The molecule has 5 heteroatoms. The van der Waals surface area contributed by atoms with Gasteiger partial charge in [-0.3, -0.25) is 0 Å². The number of hydrogen-bond donors (Lipinski definition) is 0. The molecule has 0 saturated heterocycles. The Hall–Kier alpha value is -0.215. The Bertz CT molecular complexity index is 25.2. The fourth-order valence-corrected chi connectivity index (χ4v) is 0. The maximum Gasteiger partial charge on any atom is 0.673 e. The Morgan fingerprint density at radius 3 is 1.00 bits per heavy atom. The van der Waals surface area contributed by atoms with Gasteiger partial charge in [-0.15, -0.1) is 0 Å². The SMILES string of the molecule is F[B-](F)(F)F.[CH2]C. The molecule has 0 nitrogen and oxygen atoms in total. The minimum Gasteiger partial charge on any atom is -0.418 e. The van der Waals surface area contributed by atoms with Crippen LogP contribution in [0.15, 0.2) is 0 Å². The summed E-state index contributed by atoms with van der Waals surface area (Å²) in [5, 5.41) is 0. The summed E-state index contributed by atoms with van der Waals surface area (Å²) in [7, 11) is -6.00. The van der Waals surface area contributed by atoms with Crippen LogP contribution in [-0.2, 0) is 0 Å². The van der Waals surface area contributed by atoms with Crippen LogP contribution in [0.5, 0.6) is 0 Å². The van der Waals surface area contributed by atoms with Crippen LogP contribution in [0.25, 0.3) is 0 Å². The Morgan fingerprint density at radius 1 is 1.00 bits per heavy atom. The summed E-state index contributed by atoms with van der Waals surface area (Å²) in [6.07, 6.45) is 0. The first-order valence-electron chi connectivity index (χ1n) is 1.58. The van der Waals surface area contributed by atoms with Gasteiger partial charge in [0.05, 0.1) is 0 Å². The molecular formula is C2H5BF4-. The van der Waals surface area contributed by atoms with Crippen molar-refractivity contribution in [2.75, 3.05) is 0 Å². The summed E-state index contributed by atoms with van der Waals surface area (Å²) in [6.45, 7) is 5.00. The van der Waals surface area contributed by atoms with Crippen molar-refractivity contribution < 1.29 is 17.3 Å². The van der Waals surface area contributed by atoms with E-state index >= 15 is 0 Å². The van der Waals surface area contributed by atoms with E-state index in [4.69, 9.17) is 0 Å². The first-order chi connectivity index (χ1) is 3.00. The van der Waals surface area contributed by atoms with E-state index in [9.17, 15) is 17.3 Å². The molecule has 0 aliphatic carbocycles. The highest BCUT2D eigenvalue weighted by Crippen LogP contribution is 2.06. The highest BCUT2D eigenvalue weighted by Gasteiger charge is 2.20. The molecule has 0 spiro atoms. The first kappa shape index (κ1) is 9.92. The second kappa shape index (κ2) is 3.96. The molecule has 0 saturated carbocycles. The van der Waals surface area contributed by atoms with Crippen molar-refractivity contribution in [2.24, 2.45) is 0 Å². The molecule has 0 bridgehead atoms. The van der Waals surface area contributed by atoms with E-state index in [2.05, 4.69) is 6.92 Å². The molecule has 0 rings (SSSR count). The molecule has 0 unspecified atom stereocenters. The summed E-state index contributed by atoms with van der Waals surface area (Å²) >= 11 is 0. The molecule has 7 heavy (non-hydrogen) atoms. The molecule has 0 N–H and O–H groups in total. The smallest absolute Gasteiger partial charge is 0.418 e. The summed E-state index contributed by atoms with van der Waals surface area (Å²) in [5.41, 5.74) is 0. The minimum absolute atomic E-state index is 1.75. The topological polar surface area (TPSA) is 0 Å². The second-order valence-corrected chi connectivity index (χ2v) is 0.495. The highest BCUT2D eigenvalue weighted by atomic mass is 19.5. The maximum atomic E-state index is 9.75. The summed E-state index contributed by atoms with van der Waals surface area (Å²) in [5.74, 6) is 0. The lowest BCUT2D eigenvalue weighted by Crippen LogP contribution is -2.02. The maximum absolute atomic E-state index is 9.75. The van der Waals surface area contributed by atoms with Crippen LogP contribution in [0.1, 0.15) is 6.92 Å². The van der Waals surface area contributed by atoms with Gasteiger partial charge in [0.1, 0.15) is 0 Å². The predicted octanol–water partition coefficient (Wildman–Crippen LogP) is 2.14. The average Bonchev–Trinajstić information content (AvgIpc) is 1.36. The number of halogens is 4. The van der Waals surface area contributed by atoms with Crippen LogP contribution in [0.2, 0.25) is 0 Å². The fraction of sp³-hybridized carbons (Fsp3) is 0.500. The average molecular weight is 116 g/mol. The number of hydrogen-bond acceptors (Lipinski definition) is 0. The van der Waals surface area contributed by atoms with E-state index in [1.165, 1.54) is 0 Å². The quantitative estimate of drug-likeness (QED) is 0.336. The molecule has 0 aromatic carbocycles. The third-order valence-electron chi connectivity index (χ3n) is 0. The van der Waals surface area contributed by atoms with Crippen molar-refractivity contribution in [3.63, 3.8) is 0 Å². The van der Waals surface area contributed by atoms with Gasteiger partial charge < -0.3 is 17.3 Å². The van der Waals surface area contributed by atoms with Gasteiger partial charge in [0, 0.05) is 0 Å². The lowest BCUT2D eigenvalue weighted by atomic mass is 10.3. The summed E-state index contributed by atoms with van der Waals surface area (Å²) < 4.78 is 39.0. The van der Waals surface area contributed by atoms with Gasteiger partial charge >= 0.3 is 7.25 Å². The normalized spacial score (nSPS) is 9.43. The zero-order chi connectivity index (χ0) is 6.50. The van der Waals surface area contributed by atoms with Crippen molar-refractivity contribution in [2.45, 2.75) is 6.92 Å². The van der Waals surface area contributed by atoms with Crippen molar-refractivity contribution in [1.29, 1.82) is 0 Å². The zero-order valence-corrected chi connectivity index (χ0v) is 3.80. The summed E-state index contributed by atoms with van der Waals surface area (Å²) in [4.78, 5) is 0. The van der Waals surface area contributed by atoms with Crippen LogP contribution in [-0.4, -0.2) is 7.25 Å². The van der Waals surface area contributed by atoms with E-state index in [1.807, 2.05) is 0 Å². The molecule has 0 fully saturated rings. The Labute approximate surface area is 39.6 Å². The lowest BCUT2D eigenvalue weighted by Gasteiger charge is -1.94. The van der Waals surface area contributed by atoms with Crippen molar-refractivity contribution in [3.8, 4) is 0 Å². The van der Waals surface area contributed by atoms with Gasteiger partial charge in [-0.2, -0.15) is 0 Å². The fourth-order valence-electron chi connectivity index (χ4n) is 0. The Kier molecular flexibility index (Phi) is 5.61. The van der Waals surface area contributed by atoms with Gasteiger partial charge in [0.2, 0.25) is 0 Å². The van der Waals surface area contributed by atoms with Gasteiger partial charge in [-0.1, -0.05) is 13.8 Å². The zero-order valence-electron chi connectivity index (χ0n) is 3.80. The molecule has 0 aromatic rings. The van der Waals surface area contributed by atoms with Crippen LogP contribution >= 0.6 is 0 Å². The highest BCUT2D eigenvalue weighted by molar-refractivity contribution is 6.50. The lowest BCUT2D eigenvalue weighted by molar-refractivity contribution is 0.368. The van der Waals surface area contributed by atoms with E-state index in [0.717, 1.165) is 0 Å². The molecule has 45 valence electrons. The van der Waals surface area contributed by atoms with Crippen molar-refractivity contribution >= 4 is 7.25 Å². The van der Waals surface area contributed by atoms with Gasteiger partial charge in [0.15, 0.2) is 0 Å². The van der Waals surface area contributed by atoms with Crippen molar-refractivity contribution in [1.82, 2.24) is 0 Å². The summed E-state index contributed by atoms with van der Waals surface area (Å²) in [6, 6.07) is 0. The van der Waals surface area contributed by atoms with Gasteiger partial charge in [0.25, 0.3) is 0 Å². The van der Waals surface area contributed by atoms with E-state index in [0.29, 0.717) is 0 Å². The van der Waals surface area contributed by atoms with E-state index in [-0.39, 0.29) is 0 Å². The third kappa shape index (κ3) is 1790. The largest absolute Gasteiger partial charge is 0.673 e. The van der Waals surface area contributed by atoms with E-state index in [1.54, 1.807) is 6.92 Å². The molecule has 0 heterocycles. The van der Waals surface area contributed by atoms with Gasteiger partial charge in [-0.25, -0.2) is 0 Å². The second-order valence-electron chi connectivity index (χ2n) is 0.495. The number of rotatable bonds is 0. The van der Waals surface area contributed by atoms with Crippen LogP contribution in [0.3, 0.4) is 0 Å². The monoisotopic (exact) mass is 116 g/mol. The standard InChI is InChI=1S/C2H5.BF4/c1-2;2-1(3,4)5/h1H2,2H3;/q;-1. The third-order valence-corrected chi connectivity index (χ3v) is 0. The molecular weight excluding hydrogens is 111 g/mol. The van der Waals surface area contributed by atoms with Crippen LogP contribution in [0, 0.1) is 6.92 Å². The van der Waals surface area contributed by atoms with Crippen LogP contribution in [0.4, 0.5) is 17.3 Å². The molecule has 0 amide bonds. The predicted molar refractivity (Wildman–Crippen MR) is 21.2 cm³/mol. The van der Waals surface area contributed by atoms with Crippen molar-refractivity contribution in [3.05, 3.63) is 6.92 Å². The van der Waals surface area contributed by atoms with E-state index < -0.39 is 7.25 Å². The first-order valence-corrected chi connectivity index (χ1v) is 1.58. The Morgan fingerprint density at radius 2 is 1.00 bits per heavy atom. The molecule has 1 radical (unpaired) electrons. The minimum atomic E-state index is -6.00.